The van der Waals surface area contributed by atoms with Crippen molar-refractivity contribution in [1.82, 2.24) is 15.1 Å². The number of carbonyl (C=O) groups is 2. The van der Waals surface area contributed by atoms with Crippen LogP contribution in [0.1, 0.15) is 49.9 Å². The predicted octanol–water partition coefficient (Wildman–Crippen LogP) is 3.67. The molecular weight excluding hydrogens is 461 g/mol. The van der Waals surface area contributed by atoms with Gasteiger partial charge in [0, 0.05) is 25.7 Å². The van der Waals surface area contributed by atoms with E-state index < -0.39 is 11.7 Å². The number of nitrogens with one attached hydrogen (secondary N) is 1. The lowest BCUT2D eigenvalue weighted by molar-refractivity contribution is -0.154. The van der Waals surface area contributed by atoms with Gasteiger partial charge in [0.2, 0.25) is 0 Å². The first-order chi connectivity index (χ1) is 17.2. The van der Waals surface area contributed by atoms with E-state index in [1.165, 1.54) is 17.7 Å². The van der Waals surface area contributed by atoms with Crippen LogP contribution in [-0.4, -0.2) is 71.8 Å². The first kappa shape index (κ1) is 24.7. The highest BCUT2D eigenvalue weighted by atomic mass is 19.1. The van der Waals surface area contributed by atoms with Crippen LogP contribution in [0.25, 0.3) is 0 Å². The van der Waals surface area contributed by atoms with Crippen molar-refractivity contribution in [2.24, 2.45) is 0 Å². The zero-order valence-electron chi connectivity index (χ0n) is 21.1. The Morgan fingerprint density at radius 2 is 1.81 bits per heavy atom. The van der Waals surface area contributed by atoms with Gasteiger partial charge in [0.1, 0.15) is 17.5 Å². The van der Waals surface area contributed by atoms with Gasteiger partial charge in [-0.2, -0.15) is 0 Å². The number of benzene rings is 2. The van der Waals surface area contributed by atoms with Crippen LogP contribution in [0.5, 0.6) is 0 Å². The first-order valence-electron chi connectivity index (χ1n) is 12.7. The summed E-state index contributed by atoms with van der Waals surface area (Å²) in [7, 11) is 0. The number of rotatable bonds is 2. The number of carbonyl (C=O) groups excluding carboxylic acids is 2. The molecule has 36 heavy (non-hydrogen) atoms. The van der Waals surface area contributed by atoms with Gasteiger partial charge in [-0.25, -0.2) is 9.18 Å². The second-order valence-corrected chi connectivity index (χ2v) is 10.8. The molecule has 5 rings (SSSR count). The van der Waals surface area contributed by atoms with Crippen molar-refractivity contribution in [2.75, 3.05) is 26.2 Å². The lowest BCUT2D eigenvalue weighted by Gasteiger charge is -2.47. The summed E-state index contributed by atoms with van der Waals surface area (Å²) in [6.45, 7) is 7.55. The van der Waals surface area contributed by atoms with Gasteiger partial charge in [0.15, 0.2) is 0 Å². The third-order valence-electron chi connectivity index (χ3n) is 7.22. The maximum absolute atomic E-state index is 13.9. The SMILES string of the molecule is CC(C)(C)OC(=O)N1CCNC2CC(C(=O)N3CCc4ccccc4[C@@H]3c3ccc(F)cc3)OC[C@H]21. The largest absolute Gasteiger partial charge is 0.444 e. The summed E-state index contributed by atoms with van der Waals surface area (Å²) in [5.74, 6) is -0.381. The zero-order chi connectivity index (χ0) is 25.4. The highest BCUT2D eigenvalue weighted by molar-refractivity contribution is 5.82. The average Bonchev–Trinajstić information content (AvgIpc) is 2.86. The molecule has 0 bridgehead atoms. The van der Waals surface area contributed by atoms with E-state index in [1.807, 2.05) is 43.9 Å². The quantitative estimate of drug-likeness (QED) is 0.689. The van der Waals surface area contributed by atoms with Crippen LogP contribution in [0.15, 0.2) is 48.5 Å². The molecule has 0 spiro atoms. The van der Waals surface area contributed by atoms with E-state index in [9.17, 15) is 14.0 Å². The number of fused-ring (bicyclic) bond motifs is 2. The molecule has 3 aliphatic heterocycles. The molecule has 2 fully saturated rings. The number of ether oxygens (including phenoxy) is 2. The Morgan fingerprint density at radius 1 is 1.06 bits per heavy atom. The van der Waals surface area contributed by atoms with Crippen LogP contribution in [0.2, 0.25) is 0 Å². The average molecular weight is 496 g/mol. The topological polar surface area (TPSA) is 71.1 Å². The Balaban J connectivity index is 1.35. The fraction of sp³-hybridized carbons (Fsp3) is 0.500. The van der Waals surface area contributed by atoms with Crippen LogP contribution in [0.4, 0.5) is 9.18 Å². The van der Waals surface area contributed by atoms with Crippen molar-refractivity contribution < 1.29 is 23.5 Å². The maximum Gasteiger partial charge on any atom is 0.410 e. The third kappa shape index (κ3) is 4.97. The maximum atomic E-state index is 13.9. The lowest BCUT2D eigenvalue weighted by atomic mass is 9.87. The molecule has 0 radical (unpaired) electrons. The molecule has 2 amide bonds. The van der Waals surface area contributed by atoms with Gasteiger partial charge in [-0.15, -0.1) is 0 Å². The molecule has 8 heteroatoms. The molecule has 0 saturated carbocycles. The van der Waals surface area contributed by atoms with E-state index in [0.717, 1.165) is 17.5 Å². The molecule has 7 nitrogen and oxygen atoms in total. The number of nitrogens with zero attached hydrogens (tertiary/aromatic N) is 2. The van der Waals surface area contributed by atoms with Crippen LogP contribution in [0.3, 0.4) is 0 Å². The number of amides is 2. The van der Waals surface area contributed by atoms with Gasteiger partial charge in [0.05, 0.1) is 18.7 Å². The monoisotopic (exact) mass is 495 g/mol. The second-order valence-electron chi connectivity index (χ2n) is 10.8. The van der Waals surface area contributed by atoms with Gasteiger partial charge in [-0.1, -0.05) is 36.4 Å². The van der Waals surface area contributed by atoms with Gasteiger partial charge < -0.3 is 24.6 Å². The number of hydrogen-bond donors (Lipinski definition) is 1. The normalized spacial score (nSPS) is 26.1. The molecule has 0 aliphatic carbocycles. The molecule has 2 aromatic carbocycles. The van der Waals surface area contributed by atoms with Crippen molar-refractivity contribution in [1.29, 1.82) is 0 Å². The second kappa shape index (κ2) is 9.82. The Hall–Kier alpha value is -2.97. The fourth-order valence-corrected chi connectivity index (χ4v) is 5.56. The van der Waals surface area contributed by atoms with Crippen LogP contribution in [0, 0.1) is 5.82 Å². The molecule has 192 valence electrons. The molecule has 2 aromatic rings. The molecule has 0 aromatic heterocycles. The van der Waals surface area contributed by atoms with Crippen LogP contribution >= 0.6 is 0 Å². The minimum Gasteiger partial charge on any atom is -0.444 e. The lowest BCUT2D eigenvalue weighted by Crippen LogP contribution is -2.66. The van der Waals surface area contributed by atoms with Crippen molar-refractivity contribution >= 4 is 12.0 Å². The zero-order valence-corrected chi connectivity index (χ0v) is 21.1. The summed E-state index contributed by atoms with van der Waals surface area (Å²) in [5, 5.41) is 3.48. The fourth-order valence-electron chi connectivity index (χ4n) is 5.56. The molecule has 4 atom stereocenters. The molecule has 3 aliphatic rings. The smallest absolute Gasteiger partial charge is 0.410 e. The van der Waals surface area contributed by atoms with E-state index in [-0.39, 0.29) is 42.6 Å². The van der Waals surface area contributed by atoms with E-state index >= 15 is 0 Å². The number of halogens is 1. The summed E-state index contributed by atoms with van der Waals surface area (Å²) in [5.41, 5.74) is 2.55. The van der Waals surface area contributed by atoms with Crippen molar-refractivity contribution in [3.05, 3.63) is 71.0 Å². The Kier molecular flexibility index (Phi) is 6.74. The minimum atomic E-state index is -0.620. The summed E-state index contributed by atoms with van der Waals surface area (Å²) in [6.07, 6.45) is 0.252. The number of piperazine rings is 1. The molecular formula is C28H34FN3O4. The molecule has 2 saturated heterocycles. The summed E-state index contributed by atoms with van der Waals surface area (Å²) >= 11 is 0. The van der Waals surface area contributed by atoms with E-state index in [4.69, 9.17) is 9.47 Å². The standard InChI is InChI=1S/C28H34FN3O4/c1-28(2,3)36-27(34)31-15-13-30-22-16-24(35-17-23(22)31)26(33)32-14-12-18-6-4-5-7-21(18)25(32)19-8-10-20(29)11-9-19/h4-11,22-25,30H,12-17H2,1-3H3/t22?,23-,24?,25+/m1/s1. The molecule has 2 unspecified atom stereocenters. The Morgan fingerprint density at radius 3 is 2.56 bits per heavy atom. The Bertz CT molecular complexity index is 1120. The summed E-state index contributed by atoms with van der Waals surface area (Å²) in [6, 6.07) is 13.9. The van der Waals surface area contributed by atoms with Gasteiger partial charge in [-0.3, -0.25) is 4.79 Å². The molecule has 1 N–H and O–H groups in total. The van der Waals surface area contributed by atoms with E-state index in [1.54, 1.807) is 17.0 Å². The van der Waals surface area contributed by atoms with E-state index in [2.05, 4.69) is 11.4 Å². The van der Waals surface area contributed by atoms with E-state index in [0.29, 0.717) is 26.1 Å². The Labute approximate surface area is 211 Å². The van der Waals surface area contributed by atoms with Crippen molar-refractivity contribution in [3.8, 4) is 0 Å². The minimum absolute atomic E-state index is 0.0599. The predicted molar refractivity (Wildman–Crippen MR) is 133 cm³/mol. The van der Waals surface area contributed by atoms with Gasteiger partial charge in [0.25, 0.3) is 5.91 Å². The highest BCUT2D eigenvalue weighted by Gasteiger charge is 2.45. The van der Waals surface area contributed by atoms with Crippen LogP contribution < -0.4 is 5.32 Å². The van der Waals surface area contributed by atoms with Crippen LogP contribution in [-0.2, 0) is 20.7 Å². The van der Waals surface area contributed by atoms with Crippen molar-refractivity contribution in [2.45, 2.75) is 63.4 Å². The van der Waals surface area contributed by atoms with Crippen molar-refractivity contribution in [3.63, 3.8) is 0 Å². The highest BCUT2D eigenvalue weighted by Crippen LogP contribution is 2.37. The van der Waals surface area contributed by atoms with Gasteiger partial charge in [-0.05, 0) is 62.4 Å². The van der Waals surface area contributed by atoms with Gasteiger partial charge >= 0.3 is 6.09 Å². The third-order valence-corrected chi connectivity index (χ3v) is 7.22. The first-order valence-corrected chi connectivity index (χ1v) is 12.7. The molecule has 3 heterocycles. The number of hydrogen-bond acceptors (Lipinski definition) is 5. The summed E-state index contributed by atoms with van der Waals surface area (Å²) in [4.78, 5) is 30.3. The summed E-state index contributed by atoms with van der Waals surface area (Å²) < 4.78 is 25.4.